The minimum Gasteiger partial charge on any atom is -0.182 e. The van der Waals surface area contributed by atoms with Crippen molar-refractivity contribution in [2.75, 3.05) is 0 Å². The molecule has 1 atom stereocenters. The van der Waals surface area contributed by atoms with E-state index in [1.807, 2.05) is 0 Å². The molecule has 0 aliphatic heterocycles. The van der Waals surface area contributed by atoms with Crippen LogP contribution in [0.25, 0.3) is 0 Å². The molecule has 0 nitrogen and oxygen atoms in total. The number of rotatable bonds is 3. The van der Waals surface area contributed by atoms with E-state index < -0.39 is 0 Å². The second-order valence-electron chi connectivity index (χ2n) is 6.71. The Morgan fingerprint density at radius 3 is 2.55 bits per heavy atom. The molecule has 0 saturated carbocycles. The molecule has 1 unspecified atom stereocenters. The van der Waals surface area contributed by atoms with Gasteiger partial charge in [-0.3, -0.25) is 0 Å². The average molecular weight is 454 g/mol. The molecule has 22 heavy (non-hydrogen) atoms. The summed E-state index contributed by atoms with van der Waals surface area (Å²) in [7, 11) is 0. The van der Waals surface area contributed by atoms with Crippen LogP contribution in [0.5, 0.6) is 0 Å². The van der Waals surface area contributed by atoms with Crippen molar-refractivity contribution in [1.82, 2.24) is 0 Å². The summed E-state index contributed by atoms with van der Waals surface area (Å²) in [4.78, 5) is 0. The Kier molecular flexibility index (Phi) is 4.92. The molecule has 0 heterocycles. The standard InChI is InChI=1S/C21H23.Hf/c1-15(16-6-3-2-4-7-16)14-19-13-12-18-11-10-17-8-5-9-20(17)21(18)19;/h2-4,6-7,10-11,15H,5,8-9,12-14H2,1H3;/q-1;. The SMILES string of the molecule is CC(C[C-]1CCc2ccc3c(c21)CCC3)c1ccccc1.[Hf]. The Morgan fingerprint density at radius 1 is 0.955 bits per heavy atom. The van der Waals surface area contributed by atoms with Crippen molar-refractivity contribution in [3.05, 3.63) is 76.2 Å². The van der Waals surface area contributed by atoms with E-state index in [4.69, 9.17) is 0 Å². The smallest absolute Gasteiger partial charge is 0 e. The first-order valence-corrected chi connectivity index (χ1v) is 8.36. The normalized spacial score (nSPS) is 16.9. The number of benzene rings is 2. The zero-order valence-electron chi connectivity index (χ0n) is 13.4. The average Bonchev–Trinajstić information content (AvgIpc) is 3.14. The van der Waals surface area contributed by atoms with Crippen molar-refractivity contribution in [2.24, 2.45) is 0 Å². The fraction of sp³-hybridized carbons (Fsp3) is 0.381. The minimum atomic E-state index is 0. The van der Waals surface area contributed by atoms with Gasteiger partial charge >= 0.3 is 0 Å². The summed E-state index contributed by atoms with van der Waals surface area (Å²) < 4.78 is 0. The molecule has 0 amide bonds. The number of fused-ring (bicyclic) bond motifs is 3. The third kappa shape index (κ3) is 2.85. The molecular weight excluding hydrogens is 431 g/mol. The summed E-state index contributed by atoms with van der Waals surface area (Å²) in [6.07, 6.45) is 7.73. The van der Waals surface area contributed by atoms with Crippen molar-refractivity contribution in [3.8, 4) is 0 Å². The fourth-order valence-corrected chi connectivity index (χ4v) is 4.25. The zero-order valence-corrected chi connectivity index (χ0v) is 17.0. The Labute approximate surface area is 153 Å². The van der Waals surface area contributed by atoms with Crippen LogP contribution in [0.15, 0.2) is 42.5 Å². The van der Waals surface area contributed by atoms with Gasteiger partial charge in [0.2, 0.25) is 0 Å². The van der Waals surface area contributed by atoms with Crippen LogP contribution in [-0.2, 0) is 45.1 Å². The molecule has 1 heteroatoms. The fourth-order valence-electron chi connectivity index (χ4n) is 4.25. The van der Waals surface area contributed by atoms with Crippen LogP contribution in [0.2, 0.25) is 0 Å². The second-order valence-corrected chi connectivity index (χ2v) is 6.71. The Morgan fingerprint density at radius 2 is 1.73 bits per heavy atom. The zero-order chi connectivity index (χ0) is 14.2. The predicted octanol–water partition coefficient (Wildman–Crippen LogP) is 5.24. The van der Waals surface area contributed by atoms with Crippen LogP contribution in [0.1, 0.15) is 59.9 Å². The molecular formula is C21H23Hf-. The van der Waals surface area contributed by atoms with Gasteiger partial charge in [-0.25, -0.2) is 0 Å². The van der Waals surface area contributed by atoms with E-state index in [0.717, 1.165) is 0 Å². The number of hydrogen-bond acceptors (Lipinski definition) is 0. The molecule has 4 rings (SSSR count). The van der Waals surface area contributed by atoms with Gasteiger partial charge in [0.15, 0.2) is 0 Å². The molecule has 2 aliphatic carbocycles. The molecule has 0 spiro atoms. The molecule has 0 fully saturated rings. The summed E-state index contributed by atoms with van der Waals surface area (Å²) >= 11 is 0. The van der Waals surface area contributed by atoms with E-state index in [1.54, 1.807) is 28.2 Å². The largest absolute Gasteiger partial charge is 0.182 e. The first-order chi connectivity index (χ1) is 10.3. The van der Waals surface area contributed by atoms with Crippen LogP contribution < -0.4 is 0 Å². The monoisotopic (exact) mass is 455 g/mol. The van der Waals surface area contributed by atoms with Crippen LogP contribution in [0, 0.1) is 5.92 Å². The Bertz CT molecular complexity index is 644. The number of aryl methyl sites for hydroxylation is 2. The second kappa shape index (κ2) is 6.74. The molecule has 0 bridgehead atoms. The molecule has 112 valence electrons. The van der Waals surface area contributed by atoms with E-state index in [9.17, 15) is 0 Å². The van der Waals surface area contributed by atoms with Gasteiger partial charge in [0, 0.05) is 25.8 Å². The van der Waals surface area contributed by atoms with E-state index in [1.165, 1.54) is 44.1 Å². The van der Waals surface area contributed by atoms with Crippen molar-refractivity contribution >= 4 is 0 Å². The molecule has 0 N–H and O–H groups in total. The van der Waals surface area contributed by atoms with E-state index in [-0.39, 0.29) is 25.8 Å². The van der Waals surface area contributed by atoms with Gasteiger partial charge in [0.25, 0.3) is 0 Å². The third-order valence-electron chi connectivity index (χ3n) is 5.34. The van der Waals surface area contributed by atoms with E-state index in [2.05, 4.69) is 49.4 Å². The minimum absolute atomic E-state index is 0. The van der Waals surface area contributed by atoms with Gasteiger partial charge in [-0.15, -0.1) is 22.8 Å². The van der Waals surface area contributed by atoms with Crippen molar-refractivity contribution < 1.29 is 25.8 Å². The van der Waals surface area contributed by atoms with Gasteiger partial charge in [-0.1, -0.05) is 75.4 Å². The maximum atomic E-state index is 2.40. The summed E-state index contributed by atoms with van der Waals surface area (Å²) in [5, 5.41) is 0. The van der Waals surface area contributed by atoms with Crippen LogP contribution in [0.4, 0.5) is 0 Å². The topological polar surface area (TPSA) is 0 Å². The van der Waals surface area contributed by atoms with Crippen LogP contribution in [-0.4, -0.2) is 0 Å². The van der Waals surface area contributed by atoms with Gasteiger partial charge in [0.05, 0.1) is 0 Å². The molecule has 0 saturated heterocycles. The maximum absolute atomic E-state index is 2.40. The van der Waals surface area contributed by atoms with Crippen molar-refractivity contribution in [1.29, 1.82) is 0 Å². The Hall–Kier alpha value is -0.820. The predicted molar refractivity (Wildman–Crippen MR) is 88.6 cm³/mol. The molecule has 2 aromatic carbocycles. The van der Waals surface area contributed by atoms with Crippen molar-refractivity contribution in [2.45, 2.75) is 51.4 Å². The summed E-state index contributed by atoms with van der Waals surface area (Å²) in [5.74, 6) is 2.35. The summed E-state index contributed by atoms with van der Waals surface area (Å²) in [5.41, 5.74) is 8.09. The summed E-state index contributed by atoms with van der Waals surface area (Å²) in [6.45, 7) is 2.38. The van der Waals surface area contributed by atoms with Gasteiger partial charge < -0.3 is 0 Å². The van der Waals surface area contributed by atoms with Gasteiger partial charge in [0.1, 0.15) is 0 Å². The quantitative estimate of drug-likeness (QED) is 0.440. The summed E-state index contributed by atoms with van der Waals surface area (Å²) in [6, 6.07) is 15.8. The van der Waals surface area contributed by atoms with E-state index >= 15 is 0 Å². The first kappa shape index (κ1) is 16.1. The Balaban J connectivity index is 0.00000144. The first-order valence-electron chi connectivity index (χ1n) is 8.36. The number of hydrogen-bond donors (Lipinski definition) is 0. The molecule has 0 aromatic heterocycles. The van der Waals surface area contributed by atoms with E-state index in [0.29, 0.717) is 5.92 Å². The maximum Gasteiger partial charge on any atom is 0 e. The van der Waals surface area contributed by atoms with Crippen LogP contribution >= 0.6 is 0 Å². The van der Waals surface area contributed by atoms with Gasteiger partial charge in [-0.05, 0) is 17.9 Å². The molecule has 2 aromatic rings. The van der Waals surface area contributed by atoms with Crippen molar-refractivity contribution in [3.63, 3.8) is 0 Å². The van der Waals surface area contributed by atoms with Gasteiger partial charge in [-0.2, -0.15) is 11.5 Å². The third-order valence-corrected chi connectivity index (χ3v) is 5.34. The molecule has 2 aliphatic rings. The molecule has 0 radical (unpaired) electrons. The van der Waals surface area contributed by atoms with Crippen LogP contribution in [0.3, 0.4) is 0 Å².